The lowest BCUT2D eigenvalue weighted by molar-refractivity contribution is -0.138. The number of benzene rings is 2. The molecule has 1 N–H and O–H groups in total. The number of dihydropyridines is 1. The lowest BCUT2D eigenvalue weighted by Gasteiger charge is -2.35. The van der Waals surface area contributed by atoms with Crippen molar-refractivity contribution < 1.29 is 14.3 Å². The smallest absolute Gasteiger partial charge is 0.336 e. The summed E-state index contributed by atoms with van der Waals surface area (Å²) in [4.78, 5) is 25.9. The van der Waals surface area contributed by atoms with Crippen LogP contribution in [0.15, 0.2) is 77.1 Å². The van der Waals surface area contributed by atoms with Crippen LogP contribution < -0.4 is 5.32 Å². The Kier molecular flexibility index (Phi) is 5.84. The molecule has 2 aliphatic rings. The van der Waals surface area contributed by atoms with Gasteiger partial charge in [-0.3, -0.25) is 4.79 Å². The van der Waals surface area contributed by atoms with E-state index < -0.39 is 0 Å². The summed E-state index contributed by atoms with van der Waals surface area (Å²) < 4.78 is 5.40. The molecule has 0 spiro atoms. The summed E-state index contributed by atoms with van der Waals surface area (Å²) in [7, 11) is 0. The maximum atomic E-state index is 13.0. The second-order valence-corrected chi connectivity index (χ2v) is 7.68. The molecule has 1 unspecified atom stereocenters. The third kappa shape index (κ3) is 3.70. The van der Waals surface area contributed by atoms with Gasteiger partial charge in [-0.25, -0.2) is 4.79 Å². The molecule has 1 heterocycles. The second-order valence-electron chi connectivity index (χ2n) is 7.68. The maximum Gasteiger partial charge on any atom is 0.336 e. The number of ketones is 1. The minimum Gasteiger partial charge on any atom is -0.463 e. The van der Waals surface area contributed by atoms with E-state index in [2.05, 4.69) is 29.6 Å². The fourth-order valence-corrected chi connectivity index (χ4v) is 4.46. The van der Waals surface area contributed by atoms with Crippen molar-refractivity contribution in [3.8, 4) is 11.1 Å². The van der Waals surface area contributed by atoms with Crippen LogP contribution >= 0.6 is 0 Å². The highest BCUT2D eigenvalue weighted by molar-refractivity contribution is 6.03. The molecule has 2 aromatic rings. The van der Waals surface area contributed by atoms with Crippen molar-refractivity contribution in [2.45, 2.75) is 45.4 Å². The average Bonchev–Trinajstić information content (AvgIpc) is 2.79. The van der Waals surface area contributed by atoms with Crippen LogP contribution in [-0.2, 0) is 14.3 Å². The Labute approximate surface area is 177 Å². The molecule has 1 aliphatic heterocycles. The molecule has 0 amide bonds. The van der Waals surface area contributed by atoms with Gasteiger partial charge in [0.2, 0.25) is 0 Å². The number of allylic oxidation sites excluding steroid dienone is 3. The second kappa shape index (κ2) is 8.70. The summed E-state index contributed by atoms with van der Waals surface area (Å²) in [5.41, 5.74) is 6.32. The highest BCUT2D eigenvalue weighted by atomic mass is 16.5. The van der Waals surface area contributed by atoms with Crippen molar-refractivity contribution in [1.29, 1.82) is 0 Å². The molecule has 4 heteroatoms. The van der Waals surface area contributed by atoms with E-state index in [0.29, 0.717) is 25.0 Å². The molecular weight excluding hydrogens is 374 g/mol. The van der Waals surface area contributed by atoms with Gasteiger partial charge in [0.25, 0.3) is 0 Å². The molecule has 0 aromatic heterocycles. The fraction of sp³-hybridized carbons (Fsp3) is 0.308. The lowest BCUT2D eigenvalue weighted by Crippen LogP contribution is -2.35. The molecule has 0 saturated carbocycles. The first kappa shape index (κ1) is 20.1. The number of ether oxygens (including phenoxy) is 1. The third-order valence-corrected chi connectivity index (χ3v) is 5.86. The summed E-state index contributed by atoms with van der Waals surface area (Å²) in [6.07, 6.45) is 2.88. The van der Waals surface area contributed by atoms with Crippen molar-refractivity contribution in [2.75, 3.05) is 6.61 Å². The monoisotopic (exact) mass is 401 g/mol. The first-order valence-electron chi connectivity index (χ1n) is 10.7. The van der Waals surface area contributed by atoms with Gasteiger partial charge in [-0.15, -0.1) is 0 Å². The van der Waals surface area contributed by atoms with Crippen LogP contribution in [0.2, 0.25) is 0 Å². The minimum absolute atomic E-state index is 0.123. The van der Waals surface area contributed by atoms with Gasteiger partial charge in [0.1, 0.15) is 0 Å². The van der Waals surface area contributed by atoms with E-state index in [0.717, 1.165) is 46.5 Å². The molecule has 0 saturated heterocycles. The highest BCUT2D eigenvalue weighted by Gasteiger charge is 2.39. The Morgan fingerprint density at radius 2 is 1.70 bits per heavy atom. The molecule has 1 atom stereocenters. The van der Waals surface area contributed by atoms with Crippen LogP contribution in [0.3, 0.4) is 0 Å². The zero-order valence-corrected chi connectivity index (χ0v) is 17.5. The van der Waals surface area contributed by atoms with Gasteiger partial charge in [-0.1, -0.05) is 61.5 Å². The Morgan fingerprint density at radius 1 is 1.00 bits per heavy atom. The number of rotatable bonds is 5. The van der Waals surface area contributed by atoms with Crippen LogP contribution in [0.25, 0.3) is 11.1 Å². The molecule has 4 rings (SSSR count). The van der Waals surface area contributed by atoms with Crippen molar-refractivity contribution >= 4 is 11.8 Å². The largest absolute Gasteiger partial charge is 0.463 e. The molecule has 1 aliphatic carbocycles. The standard InChI is InChI=1S/C26H27NO3/c1-3-20-25(26(29)30-4-2)23(24-21(27-20)11-8-12-22(24)28)19-15-13-18(14-16-19)17-9-6-5-7-10-17/h5-7,9-10,13-16,23,27H,3-4,8,11-12H2,1-2H3. The van der Waals surface area contributed by atoms with Crippen LogP contribution in [0, 0.1) is 0 Å². The van der Waals surface area contributed by atoms with Crippen LogP contribution in [-0.4, -0.2) is 18.4 Å². The fourth-order valence-electron chi connectivity index (χ4n) is 4.46. The Morgan fingerprint density at radius 3 is 2.37 bits per heavy atom. The van der Waals surface area contributed by atoms with E-state index in [1.807, 2.05) is 37.3 Å². The van der Waals surface area contributed by atoms with Crippen LogP contribution in [0.4, 0.5) is 0 Å². The van der Waals surface area contributed by atoms with E-state index in [1.54, 1.807) is 6.92 Å². The summed E-state index contributed by atoms with van der Waals surface area (Å²) >= 11 is 0. The van der Waals surface area contributed by atoms with Crippen molar-refractivity contribution in [3.63, 3.8) is 0 Å². The summed E-state index contributed by atoms with van der Waals surface area (Å²) in [6, 6.07) is 18.4. The van der Waals surface area contributed by atoms with Crippen molar-refractivity contribution in [1.82, 2.24) is 5.32 Å². The maximum absolute atomic E-state index is 13.0. The van der Waals surface area contributed by atoms with E-state index >= 15 is 0 Å². The van der Waals surface area contributed by atoms with E-state index in [-0.39, 0.29) is 17.7 Å². The van der Waals surface area contributed by atoms with Gasteiger partial charge in [-0.2, -0.15) is 0 Å². The first-order valence-corrected chi connectivity index (χ1v) is 10.7. The zero-order valence-electron chi connectivity index (χ0n) is 17.5. The van der Waals surface area contributed by atoms with E-state index in [4.69, 9.17) is 4.74 Å². The molecule has 2 aromatic carbocycles. The summed E-state index contributed by atoms with van der Waals surface area (Å²) in [6.45, 7) is 4.13. The Hall–Kier alpha value is -3.14. The average molecular weight is 402 g/mol. The normalized spacial score (nSPS) is 18.7. The van der Waals surface area contributed by atoms with Crippen molar-refractivity contribution in [3.05, 3.63) is 82.7 Å². The third-order valence-electron chi connectivity index (χ3n) is 5.86. The van der Waals surface area contributed by atoms with Gasteiger partial charge in [-0.05, 0) is 42.9 Å². The molecule has 0 radical (unpaired) electrons. The molecule has 30 heavy (non-hydrogen) atoms. The number of hydrogen-bond acceptors (Lipinski definition) is 4. The van der Waals surface area contributed by atoms with Crippen LogP contribution in [0.1, 0.15) is 51.0 Å². The topological polar surface area (TPSA) is 55.4 Å². The summed E-state index contributed by atoms with van der Waals surface area (Å²) in [5, 5.41) is 3.40. The molecule has 4 nitrogen and oxygen atoms in total. The Bertz CT molecular complexity index is 1020. The lowest BCUT2D eigenvalue weighted by atomic mass is 9.74. The first-order chi connectivity index (χ1) is 14.6. The number of Topliss-reactive ketones (excluding diaryl/α,β-unsaturated/α-hetero) is 1. The van der Waals surface area contributed by atoms with Gasteiger partial charge in [0, 0.05) is 29.3 Å². The highest BCUT2D eigenvalue weighted by Crippen LogP contribution is 2.43. The number of nitrogens with one attached hydrogen (secondary N) is 1. The number of carbonyl (C=O) groups excluding carboxylic acids is 2. The zero-order chi connectivity index (χ0) is 21.1. The number of hydrogen-bond donors (Lipinski definition) is 1. The Balaban J connectivity index is 1.82. The van der Waals surface area contributed by atoms with E-state index in [9.17, 15) is 9.59 Å². The van der Waals surface area contributed by atoms with Gasteiger partial charge >= 0.3 is 5.97 Å². The molecule has 154 valence electrons. The van der Waals surface area contributed by atoms with Crippen molar-refractivity contribution in [2.24, 2.45) is 0 Å². The quantitative estimate of drug-likeness (QED) is 0.693. The minimum atomic E-state index is -0.382. The number of esters is 1. The van der Waals surface area contributed by atoms with E-state index in [1.165, 1.54) is 0 Å². The summed E-state index contributed by atoms with van der Waals surface area (Å²) in [5.74, 6) is -0.602. The predicted molar refractivity (Wildman–Crippen MR) is 118 cm³/mol. The molecular formula is C26H27NO3. The van der Waals surface area contributed by atoms with Gasteiger partial charge in [0.05, 0.1) is 12.2 Å². The predicted octanol–water partition coefficient (Wildman–Crippen LogP) is 5.27. The SMILES string of the molecule is CCOC(=O)C1=C(CC)NC2=C(C(=O)CCC2)C1c1ccc(-c2ccccc2)cc1. The van der Waals surface area contributed by atoms with Crippen LogP contribution in [0.5, 0.6) is 0 Å². The van der Waals surface area contributed by atoms with Gasteiger partial charge < -0.3 is 10.1 Å². The molecule has 0 bridgehead atoms. The number of carbonyl (C=O) groups is 2. The molecule has 0 fully saturated rings. The van der Waals surface area contributed by atoms with Gasteiger partial charge in [0.15, 0.2) is 5.78 Å².